The van der Waals surface area contributed by atoms with Crippen molar-refractivity contribution >= 4 is 66.8 Å². The Labute approximate surface area is 806 Å². The third-order valence-electron chi connectivity index (χ3n) is 29.4. The molecule has 2 saturated carbocycles. The number of ether oxygens (including phenoxy) is 10. The molecule has 0 aromatic rings. The van der Waals surface area contributed by atoms with Crippen LogP contribution in [-0.2, 0) is 99.7 Å². The van der Waals surface area contributed by atoms with Crippen molar-refractivity contribution in [1.82, 2.24) is 9.80 Å². The molecule has 0 aromatic carbocycles. The first-order chi connectivity index (χ1) is 63.2. The molecule has 30 atom stereocenters. The minimum atomic E-state index is -2.43. The van der Waals surface area contributed by atoms with Gasteiger partial charge in [0.2, 0.25) is 11.6 Å². The molecule has 8 rings (SSSR count). The Bertz CT molecular complexity index is 4140. The molecule has 6 fully saturated rings. The minimum absolute atomic E-state index is 0. The van der Waals surface area contributed by atoms with Crippen LogP contribution in [-0.4, -0.2) is 267 Å². The summed E-state index contributed by atoms with van der Waals surface area (Å²) in [5, 5.41) is 56.4. The topological polar surface area (TPSA) is 380 Å². The Kier molecular flexibility index (Phi) is 47.8. The van der Waals surface area contributed by atoms with E-state index < -0.39 is 170 Å². The molecule has 2 amide bonds. The largest absolute Gasteiger partial charge is 0.460 e. The monoisotopic (exact) mass is 1920 g/mol. The van der Waals surface area contributed by atoms with Crippen molar-refractivity contribution in [3.63, 3.8) is 0 Å². The van der Waals surface area contributed by atoms with E-state index in [0.717, 1.165) is 24.0 Å². The summed E-state index contributed by atoms with van der Waals surface area (Å²) < 4.78 is 66.0. The van der Waals surface area contributed by atoms with Crippen molar-refractivity contribution < 1.29 is 125 Å². The van der Waals surface area contributed by atoms with Crippen molar-refractivity contribution in [1.29, 1.82) is 0 Å². The fraction of sp³-hybridized carbons (Fsp3) is 0.755. The van der Waals surface area contributed by atoms with Crippen molar-refractivity contribution in [2.45, 2.75) is 387 Å². The van der Waals surface area contributed by atoms with E-state index in [9.17, 15) is 73.5 Å². The average molecular weight is 1920 g/mol. The predicted molar refractivity (Wildman–Crippen MR) is 519 cm³/mol. The SMILES string of the molecule is C.CO[C@H]1C[C@@H]2CC[C@@H](C)[C@@](O)(O2)C(=O)C(=O)N2CCCC[C@H]2C(=O)O[C@H]([C@H](C)C[C@@H]2CC[C@@H](O)[C@H](OC)C2)CC(=O)[C@H](C)/C=C(\C)[C@@H](O)[C@@H](OC)C(=O)[C@H](C)C[C@H](C)/C=C/C=CC=C1C.CO[C@H]1C[C@@H]2CC[C@@H](C)[C@@](O)(O2)C(=O)C(=O)N2CCCC[C@H]2C(=O)O[C@H]([C@H](C)C[C@@H]2CC[C@@H](O)[C@H](OC)C2)CC(=O)[C@H](C)/C=C(\C)[C@@H](O[Si](C)(C)C)[C@@H](OC)C(=O)[C@H](C)C[C@H](C)/C=C/C=CC=C1C. The van der Waals surface area contributed by atoms with Gasteiger partial charge < -0.3 is 87.1 Å². The molecule has 4 saturated heterocycles. The average Bonchev–Trinajstić information content (AvgIpc) is 0.776. The lowest BCUT2D eigenvalue weighted by atomic mass is 9.78. The molecule has 135 heavy (non-hydrogen) atoms. The van der Waals surface area contributed by atoms with E-state index in [4.69, 9.17) is 51.8 Å². The molecule has 5 N–H and O–H groups in total. The van der Waals surface area contributed by atoms with Gasteiger partial charge in [-0.2, -0.15) is 0 Å². The summed E-state index contributed by atoms with van der Waals surface area (Å²) in [6, 6.07) is -2.27. The zero-order valence-corrected chi connectivity index (χ0v) is 85.7. The second kappa shape index (κ2) is 55.0. The van der Waals surface area contributed by atoms with Gasteiger partial charge in [-0.15, -0.1) is 0 Å². The molecule has 0 aromatic heterocycles. The zero-order chi connectivity index (χ0) is 99.6. The van der Waals surface area contributed by atoms with Gasteiger partial charge in [0, 0.05) is 117 Å². The molecule has 28 nitrogen and oxygen atoms in total. The number of piperidine rings is 2. The lowest BCUT2D eigenvalue weighted by molar-refractivity contribution is -0.265. The molecule has 4 bridgehead atoms. The molecular formula is C106H170N2O26Si. The number of fused-ring (bicyclic) bond motifs is 6. The van der Waals surface area contributed by atoms with Crippen LogP contribution in [0.3, 0.4) is 0 Å². The summed E-state index contributed by atoms with van der Waals surface area (Å²) in [4.78, 5) is 145. The van der Waals surface area contributed by atoms with E-state index >= 15 is 0 Å². The molecule has 29 heteroatoms. The standard InChI is InChI=1S/C54H87NO13Si.C51H79NO13.CH4/c1-33-19-15-14-16-20-34(2)45(63-8)31-41-24-22-39(7)54(62,67-41)51(59)52(60)55-26-18-17-21-42(55)53(61)66-46(36(4)29-40-23-25-43(56)47(30-40)64-9)32-44(57)35(3)28-38(6)49(68-69(11,12)13)50(65-10)48(58)37(5)27-33;1-30-16-12-11-13-17-31(2)42(61-8)28-38-21-19-36(7)51(60,65-38)48(57)49(58)52-23-15-14-18-39(52)50(59)64-43(33(4)26-37-20-22-40(53)44(27-37)62-9)29-41(54)32(3)25-35(6)46(56)47(63-10)45(55)34(5)24-30;/h14-16,19-20,28,33,35-37,39-43,45-47,49-50,56,62H,17-18,21-27,29-32H2,1-13H3;11-13,16-17,25,30,32-34,36-40,42-44,46-47,53,56,60H,14-15,18-24,26-29H2,1-10H3;1H4/b16-14?,19-15+,34-20?,38-28+;13-11?,16-12+,31-17?,35-25+;/t33-,35-,36-,37-,39-,40+,41+,42+,43-,45+,46+,47-,49-,50+,54-;30-,32-,33-,34-,36-,37+,38+,39+,40-,42+,43+,44-,46-,47+,51-;/m11./s1. The lowest BCUT2D eigenvalue weighted by Gasteiger charge is -2.42. The smallest absolute Gasteiger partial charge is 0.329 e. The summed E-state index contributed by atoms with van der Waals surface area (Å²) in [6.45, 7) is 32.1. The zero-order valence-electron chi connectivity index (χ0n) is 84.7. The number of Topliss-reactive ketones (excluding diaryl/α,β-unsaturated/α-hetero) is 6. The molecular weight excluding hydrogens is 1750 g/mol. The minimum Gasteiger partial charge on any atom is -0.460 e. The van der Waals surface area contributed by atoms with Crippen molar-refractivity contribution in [3.8, 4) is 0 Å². The van der Waals surface area contributed by atoms with E-state index in [1.54, 1.807) is 69.1 Å². The number of rotatable bonds is 14. The Morgan fingerprint density at radius 1 is 0.444 bits per heavy atom. The maximum atomic E-state index is 14.5. The maximum Gasteiger partial charge on any atom is 0.329 e. The molecule has 0 spiro atoms. The lowest BCUT2D eigenvalue weighted by Crippen LogP contribution is -2.61. The van der Waals surface area contributed by atoms with E-state index in [-0.39, 0.29) is 123 Å². The molecule has 2 aliphatic carbocycles. The summed E-state index contributed by atoms with van der Waals surface area (Å²) in [5.41, 5.74) is 2.85. The fourth-order valence-electron chi connectivity index (χ4n) is 20.8. The Morgan fingerprint density at radius 3 is 1.20 bits per heavy atom. The number of methoxy groups -OCH3 is 6. The quantitative estimate of drug-likeness (QED) is 0.0467. The van der Waals surface area contributed by atoms with Gasteiger partial charge in [0.05, 0.1) is 54.9 Å². The highest BCUT2D eigenvalue weighted by molar-refractivity contribution is 6.69. The van der Waals surface area contributed by atoms with Crippen LogP contribution in [0.4, 0.5) is 0 Å². The first kappa shape index (κ1) is 117. The number of carbonyl (C=O) groups is 10. The molecule has 0 radical (unpaired) electrons. The Morgan fingerprint density at radius 2 is 0.830 bits per heavy atom. The fourth-order valence-corrected chi connectivity index (χ4v) is 21.8. The van der Waals surface area contributed by atoms with Crippen molar-refractivity contribution in [3.05, 3.63) is 95.2 Å². The van der Waals surface area contributed by atoms with Crippen LogP contribution in [0, 0.1) is 71.0 Å². The third kappa shape index (κ3) is 33.0. The predicted octanol–water partition coefficient (Wildman–Crippen LogP) is 14.9. The number of amides is 2. The number of aliphatic hydroxyl groups excluding tert-OH is 3. The van der Waals surface area contributed by atoms with Gasteiger partial charge in [0.15, 0.2) is 19.9 Å². The number of ketones is 6. The van der Waals surface area contributed by atoms with Crippen LogP contribution in [0.5, 0.6) is 0 Å². The first-order valence-corrected chi connectivity index (χ1v) is 52.9. The van der Waals surface area contributed by atoms with Crippen LogP contribution >= 0.6 is 0 Å². The highest BCUT2D eigenvalue weighted by atomic mass is 28.4. The number of cyclic esters (lactones) is 2. The van der Waals surface area contributed by atoms with E-state index in [0.29, 0.717) is 127 Å². The highest BCUT2D eigenvalue weighted by Crippen LogP contribution is 2.42. The van der Waals surface area contributed by atoms with Crippen molar-refractivity contribution in [2.75, 3.05) is 55.7 Å². The Hall–Kier alpha value is -6.52. The van der Waals surface area contributed by atoms with E-state index in [1.165, 1.54) is 24.0 Å². The number of esters is 2. The van der Waals surface area contributed by atoms with Gasteiger partial charge in [-0.1, -0.05) is 150 Å². The van der Waals surface area contributed by atoms with Crippen molar-refractivity contribution in [2.24, 2.45) is 71.0 Å². The summed E-state index contributed by atoms with van der Waals surface area (Å²) in [5.74, 6) is -15.4. The van der Waals surface area contributed by atoms with Gasteiger partial charge in [0.1, 0.15) is 54.2 Å². The number of nitrogens with zero attached hydrogens (tertiary/aromatic N) is 2. The van der Waals surface area contributed by atoms with Crippen LogP contribution < -0.4 is 0 Å². The highest BCUT2D eigenvalue weighted by Gasteiger charge is 2.56. The number of aliphatic hydroxyl groups is 5. The van der Waals surface area contributed by atoms with Crippen LogP contribution in [0.15, 0.2) is 95.2 Å². The van der Waals surface area contributed by atoms with Gasteiger partial charge in [-0.05, 0) is 234 Å². The maximum absolute atomic E-state index is 14.5. The third-order valence-corrected chi connectivity index (χ3v) is 30.4. The number of allylic oxidation sites excluding steroid dienone is 12. The number of hydrogen-bond acceptors (Lipinski definition) is 26. The van der Waals surface area contributed by atoms with Crippen LogP contribution in [0.2, 0.25) is 19.6 Å². The second-order valence-electron chi connectivity index (χ2n) is 41.4. The Balaban J connectivity index is 0.000000412. The summed E-state index contributed by atoms with van der Waals surface area (Å²) >= 11 is 0. The van der Waals surface area contributed by atoms with Gasteiger partial charge in [-0.3, -0.25) is 38.4 Å². The van der Waals surface area contributed by atoms with Gasteiger partial charge in [0.25, 0.3) is 23.4 Å². The van der Waals surface area contributed by atoms with Crippen LogP contribution in [0.25, 0.3) is 0 Å². The number of carbonyl (C=O) groups excluding carboxylic acids is 10. The van der Waals surface area contributed by atoms with Crippen LogP contribution in [0.1, 0.15) is 258 Å². The normalized spacial score (nSPS) is 38.2. The van der Waals surface area contributed by atoms with E-state index in [2.05, 4.69) is 6.92 Å². The molecule has 764 valence electrons. The first-order valence-electron chi connectivity index (χ1n) is 49.5. The second-order valence-corrected chi connectivity index (χ2v) is 45.8. The van der Waals surface area contributed by atoms with E-state index in [1.807, 2.05) is 142 Å². The molecule has 8 aliphatic rings. The molecule has 6 heterocycles. The summed E-state index contributed by atoms with van der Waals surface area (Å²) in [6.07, 6.45) is 23.9. The molecule has 0 unspecified atom stereocenters. The molecule has 6 aliphatic heterocycles. The summed E-state index contributed by atoms with van der Waals surface area (Å²) in [7, 11) is 6.92. The number of hydrogen-bond donors (Lipinski definition) is 5. The van der Waals surface area contributed by atoms with Gasteiger partial charge in [-0.25, -0.2) is 9.59 Å². The van der Waals surface area contributed by atoms with Gasteiger partial charge >= 0.3 is 11.9 Å².